The van der Waals surface area contributed by atoms with Crippen LogP contribution in [0.15, 0.2) is 75.9 Å². The van der Waals surface area contributed by atoms with Crippen LogP contribution in [0.25, 0.3) is 21.9 Å². The molecule has 0 bridgehead atoms. The first-order chi connectivity index (χ1) is 16.6. The zero-order valence-electron chi connectivity index (χ0n) is 19.1. The fourth-order valence-electron chi connectivity index (χ4n) is 4.51. The van der Waals surface area contributed by atoms with Crippen LogP contribution in [0.4, 0.5) is 5.69 Å². The van der Waals surface area contributed by atoms with Crippen molar-refractivity contribution in [3.63, 3.8) is 0 Å². The molecule has 1 aliphatic heterocycles. The fraction of sp³-hybridized carbons (Fsp3) is 0.296. The summed E-state index contributed by atoms with van der Waals surface area (Å²) in [6.07, 6.45) is -0.666. The molecule has 1 aromatic heterocycles. The number of piperazine rings is 1. The van der Waals surface area contributed by atoms with E-state index in [9.17, 15) is 9.90 Å². The van der Waals surface area contributed by atoms with Gasteiger partial charge >= 0.3 is 0 Å². The lowest BCUT2D eigenvalue weighted by Gasteiger charge is -2.37. The lowest BCUT2D eigenvalue weighted by atomic mass is 10.1. The quantitative estimate of drug-likeness (QED) is 0.423. The molecule has 1 aliphatic rings. The number of nitrogens with zero attached hydrogens (tertiary/aromatic N) is 2. The minimum Gasteiger partial charge on any atom is -0.495 e. The topological polar surface area (TPSA) is 75.4 Å². The number of anilines is 1. The number of benzene rings is 3. The first-order valence-electron chi connectivity index (χ1n) is 11.5. The zero-order valence-corrected chi connectivity index (χ0v) is 19.1. The predicted octanol–water partition coefficient (Wildman–Crippen LogP) is 3.52. The van der Waals surface area contributed by atoms with E-state index in [0.717, 1.165) is 37.6 Å². The van der Waals surface area contributed by atoms with Gasteiger partial charge in [0.05, 0.1) is 23.6 Å². The second-order valence-electron chi connectivity index (χ2n) is 8.48. The molecule has 0 spiro atoms. The van der Waals surface area contributed by atoms with Crippen molar-refractivity contribution in [1.29, 1.82) is 0 Å². The van der Waals surface area contributed by atoms with E-state index >= 15 is 0 Å². The highest BCUT2D eigenvalue weighted by molar-refractivity contribution is 5.92. The van der Waals surface area contributed by atoms with Gasteiger partial charge in [0.2, 0.25) is 5.43 Å². The van der Waals surface area contributed by atoms with Crippen LogP contribution in [-0.2, 0) is 0 Å². The number of ether oxygens (including phenoxy) is 2. The average molecular weight is 461 g/mol. The van der Waals surface area contributed by atoms with Crippen LogP contribution in [0, 0.1) is 0 Å². The molecule has 34 heavy (non-hydrogen) atoms. The van der Waals surface area contributed by atoms with Crippen LogP contribution in [0.5, 0.6) is 11.5 Å². The van der Waals surface area contributed by atoms with Gasteiger partial charge in [-0.25, -0.2) is 0 Å². The van der Waals surface area contributed by atoms with E-state index in [1.54, 1.807) is 37.4 Å². The van der Waals surface area contributed by atoms with E-state index in [4.69, 9.17) is 13.9 Å². The molecule has 7 heteroatoms. The minimum atomic E-state index is -0.666. The van der Waals surface area contributed by atoms with Gasteiger partial charge in [-0.3, -0.25) is 9.69 Å². The van der Waals surface area contributed by atoms with Gasteiger partial charge < -0.3 is 23.9 Å². The van der Waals surface area contributed by atoms with Gasteiger partial charge in [-0.2, -0.15) is 0 Å². The van der Waals surface area contributed by atoms with E-state index in [1.807, 2.05) is 30.3 Å². The van der Waals surface area contributed by atoms with Crippen molar-refractivity contribution in [2.75, 3.05) is 51.3 Å². The van der Waals surface area contributed by atoms with E-state index in [0.29, 0.717) is 34.2 Å². The second-order valence-corrected chi connectivity index (χ2v) is 8.48. The number of hydrogen-bond acceptors (Lipinski definition) is 7. The maximum atomic E-state index is 12.8. The van der Waals surface area contributed by atoms with Crippen molar-refractivity contribution in [3.05, 3.63) is 77.0 Å². The van der Waals surface area contributed by atoms with Gasteiger partial charge in [0.15, 0.2) is 11.3 Å². The molecule has 0 saturated carbocycles. The fourth-order valence-corrected chi connectivity index (χ4v) is 4.51. The third-order valence-electron chi connectivity index (χ3n) is 6.27. The standard InChI is InChI=1S/C27H28N2O5/c1-32-24-11-5-3-9-22(24)29-15-13-28(14-16-29)17-19(30)18-33-25-12-6-8-21-26(31)20-7-2-4-10-23(20)34-27(21)25/h2-12,19,30H,13-18H2,1H3/t19-/m1/s1. The molecule has 1 atom stereocenters. The molecular formula is C27H28N2O5. The Morgan fingerprint density at radius 3 is 2.44 bits per heavy atom. The Balaban J connectivity index is 1.21. The molecule has 4 aromatic rings. The lowest BCUT2D eigenvalue weighted by molar-refractivity contribution is 0.0665. The van der Waals surface area contributed by atoms with Crippen LogP contribution in [0.2, 0.25) is 0 Å². The molecule has 5 rings (SSSR count). The van der Waals surface area contributed by atoms with E-state index in [-0.39, 0.29) is 12.0 Å². The summed E-state index contributed by atoms with van der Waals surface area (Å²) < 4.78 is 17.4. The molecule has 0 aliphatic carbocycles. The maximum Gasteiger partial charge on any atom is 0.200 e. The predicted molar refractivity (Wildman–Crippen MR) is 133 cm³/mol. The largest absolute Gasteiger partial charge is 0.495 e. The van der Waals surface area contributed by atoms with E-state index in [1.165, 1.54) is 0 Å². The van der Waals surface area contributed by atoms with Crippen molar-refractivity contribution in [2.24, 2.45) is 0 Å². The monoisotopic (exact) mass is 460 g/mol. The van der Waals surface area contributed by atoms with Gasteiger partial charge in [-0.05, 0) is 36.4 Å². The first kappa shape index (κ1) is 22.3. The highest BCUT2D eigenvalue weighted by Gasteiger charge is 2.22. The zero-order chi connectivity index (χ0) is 23.5. The number of aliphatic hydroxyl groups is 1. The highest BCUT2D eigenvalue weighted by atomic mass is 16.5. The van der Waals surface area contributed by atoms with Gasteiger partial charge in [0.25, 0.3) is 0 Å². The molecule has 7 nitrogen and oxygen atoms in total. The molecule has 1 N–H and O–H groups in total. The summed E-state index contributed by atoms with van der Waals surface area (Å²) in [6, 6.07) is 20.5. The lowest BCUT2D eigenvalue weighted by Crippen LogP contribution is -2.49. The third kappa shape index (κ3) is 4.44. The Hall–Kier alpha value is -3.55. The number of rotatable bonds is 7. The van der Waals surface area contributed by atoms with E-state index in [2.05, 4.69) is 15.9 Å². The molecule has 0 radical (unpaired) electrons. The van der Waals surface area contributed by atoms with Crippen molar-refractivity contribution >= 4 is 27.6 Å². The third-order valence-corrected chi connectivity index (χ3v) is 6.27. The van der Waals surface area contributed by atoms with Crippen LogP contribution in [0.1, 0.15) is 0 Å². The number of fused-ring (bicyclic) bond motifs is 2. The molecule has 2 heterocycles. The summed E-state index contributed by atoms with van der Waals surface area (Å²) >= 11 is 0. The smallest absolute Gasteiger partial charge is 0.200 e. The number of methoxy groups -OCH3 is 1. The average Bonchev–Trinajstić information content (AvgIpc) is 2.88. The Kier molecular flexibility index (Phi) is 6.38. The molecule has 176 valence electrons. The molecule has 0 amide bonds. The minimum absolute atomic E-state index is 0.0873. The number of hydrogen-bond donors (Lipinski definition) is 1. The maximum absolute atomic E-state index is 12.8. The number of para-hydroxylation sites is 4. The summed E-state index contributed by atoms with van der Waals surface area (Å²) in [5.41, 5.74) is 1.93. The van der Waals surface area contributed by atoms with Crippen LogP contribution in [-0.4, -0.2) is 62.6 Å². The second kappa shape index (κ2) is 9.75. The number of β-amino-alcohol motifs (C(OH)–C–C–N with tert-alkyl or cyclic N) is 1. The van der Waals surface area contributed by atoms with Crippen molar-refractivity contribution in [2.45, 2.75) is 6.10 Å². The van der Waals surface area contributed by atoms with Gasteiger partial charge in [-0.15, -0.1) is 0 Å². The van der Waals surface area contributed by atoms with Crippen LogP contribution in [0.3, 0.4) is 0 Å². The summed E-state index contributed by atoms with van der Waals surface area (Å²) in [5, 5.41) is 11.6. The van der Waals surface area contributed by atoms with Gasteiger partial charge in [-0.1, -0.05) is 30.3 Å². The Morgan fingerprint density at radius 1 is 0.912 bits per heavy atom. The van der Waals surface area contributed by atoms with Crippen LogP contribution < -0.4 is 19.8 Å². The number of aliphatic hydroxyl groups excluding tert-OH is 1. The van der Waals surface area contributed by atoms with Crippen molar-refractivity contribution in [3.8, 4) is 11.5 Å². The van der Waals surface area contributed by atoms with Gasteiger partial charge in [0, 0.05) is 32.7 Å². The van der Waals surface area contributed by atoms with Crippen molar-refractivity contribution in [1.82, 2.24) is 4.90 Å². The Labute approximate surface area is 197 Å². The Bertz CT molecular complexity index is 1340. The molecule has 1 fully saturated rings. The van der Waals surface area contributed by atoms with Crippen molar-refractivity contribution < 1.29 is 19.0 Å². The molecule has 0 unspecified atom stereocenters. The summed E-state index contributed by atoms with van der Waals surface area (Å²) in [5.74, 6) is 1.33. The SMILES string of the molecule is COc1ccccc1N1CCN(C[C@@H](O)COc2cccc3c(=O)c4ccccc4oc23)CC1. The van der Waals surface area contributed by atoms with Gasteiger partial charge in [0.1, 0.15) is 24.0 Å². The Morgan fingerprint density at radius 2 is 1.62 bits per heavy atom. The first-order valence-corrected chi connectivity index (χ1v) is 11.5. The highest BCUT2D eigenvalue weighted by Crippen LogP contribution is 2.29. The summed E-state index contributed by atoms with van der Waals surface area (Å²) in [6.45, 7) is 4.01. The normalized spacial score (nSPS) is 15.5. The van der Waals surface area contributed by atoms with Crippen LogP contribution >= 0.6 is 0 Å². The molecule has 3 aromatic carbocycles. The summed E-state index contributed by atoms with van der Waals surface area (Å²) in [7, 11) is 1.69. The summed E-state index contributed by atoms with van der Waals surface area (Å²) in [4.78, 5) is 17.4. The van der Waals surface area contributed by atoms with E-state index < -0.39 is 6.10 Å². The molecule has 1 saturated heterocycles. The molecular weight excluding hydrogens is 432 g/mol.